The molecular weight excluding hydrogens is 357 g/mol. The van der Waals surface area contributed by atoms with Gasteiger partial charge in [-0.2, -0.15) is 0 Å². The van der Waals surface area contributed by atoms with Crippen molar-refractivity contribution in [3.05, 3.63) is 47.8 Å². The molecule has 7 heteroatoms. The van der Waals surface area contributed by atoms with Gasteiger partial charge in [0.2, 0.25) is 0 Å². The van der Waals surface area contributed by atoms with Gasteiger partial charge in [0.05, 0.1) is 18.3 Å². The lowest BCUT2D eigenvalue weighted by Gasteiger charge is -2.30. The Labute approximate surface area is 167 Å². The number of nitrogens with zero attached hydrogens (tertiary/aromatic N) is 3. The number of methoxy groups -OCH3 is 1. The Morgan fingerprint density at radius 1 is 1.32 bits per heavy atom. The van der Waals surface area contributed by atoms with E-state index in [-0.39, 0.29) is 17.3 Å². The number of rotatable bonds is 7. The molecule has 1 heterocycles. The average molecular weight is 390 g/mol. The van der Waals surface area contributed by atoms with E-state index in [0.717, 1.165) is 17.9 Å². The van der Waals surface area contributed by atoms with Crippen molar-refractivity contribution in [2.24, 2.45) is 10.4 Å². The minimum Gasteiger partial charge on any atom is -0.379 e. The molecule has 1 aromatic carbocycles. The van der Waals surface area contributed by atoms with Crippen LogP contribution in [-0.4, -0.2) is 41.8 Å². The van der Waals surface area contributed by atoms with Gasteiger partial charge >= 0.3 is 0 Å². The summed E-state index contributed by atoms with van der Waals surface area (Å²) in [4.78, 5) is 8.72. The molecule has 0 bridgehead atoms. The zero-order chi connectivity index (χ0) is 20.7. The van der Waals surface area contributed by atoms with Crippen molar-refractivity contribution in [3.63, 3.8) is 0 Å². The number of nitrogens with one attached hydrogen (secondary N) is 2. The summed E-state index contributed by atoms with van der Waals surface area (Å²) in [5, 5.41) is 6.53. The first-order valence-electron chi connectivity index (χ1n) is 9.60. The number of hydrogen-bond donors (Lipinski definition) is 2. The summed E-state index contributed by atoms with van der Waals surface area (Å²) in [5.41, 5.74) is 1.31. The Morgan fingerprint density at radius 3 is 2.61 bits per heavy atom. The topological polar surface area (TPSA) is 63.5 Å². The number of hydrogen-bond acceptors (Lipinski definition) is 3. The largest absolute Gasteiger partial charge is 0.379 e. The summed E-state index contributed by atoms with van der Waals surface area (Å²) in [7, 11) is 1.72. The van der Waals surface area contributed by atoms with Gasteiger partial charge in [-0.05, 0) is 37.0 Å². The normalized spacial score (nSPS) is 13.5. The molecule has 0 saturated heterocycles. The number of guanidine groups is 1. The molecule has 28 heavy (non-hydrogen) atoms. The van der Waals surface area contributed by atoms with E-state index >= 15 is 0 Å². The summed E-state index contributed by atoms with van der Waals surface area (Å²) in [6.45, 7) is 12.0. The van der Waals surface area contributed by atoms with Crippen LogP contribution < -0.4 is 10.6 Å². The van der Waals surface area contributed by atoms with Crippen molar-refractivity contribution in [2.75, 3.05) is 20.2 Å². The Bertz CT molecular complexity index is 794. The van der Waals surface area contributed by atoms with Crippen LogP contribution in [0.15, 0.2) is 35.6 Å². The first-order chi connectivity index (χ1) is 13.3. The maximum absolute atomic E-state index is 14.6. The SMILES string of the molecule is CCNC(=NCc1ccc(-n2ccnc2C)c(F)c1)NCC(OC)C(C)(C)C. The van der Waals surface area contributed by atoms with Gasteiger partial charge in [0.25, 0.3) is 0 Å². The van der Waals surface area contributed by atoms with E-state index in [1.165, 1.54) is 6.07 Å². The van der Waals surface area contributed by atoms with Gasteiger partial charge in [-0.1, -0.05) is 26.8 Å². The van der Waals surface area contributed by atoms with Gasteiger partial charge in [0.15, 0.2) is 5.96 Å². The second-order valence-electron chi connectivity index (χ2n) is 7.80. The first-order valence-corrected chi connectivity index (χ1v) is 9.60. The van der Waals surface area contributed by atoms with Crippen molar-refractivity contribution in [1.29, 1.82) is 0 Å². The highest BCUT2D eigenvalue weighted by Crippen LogP contribution is 2.21. The van der Waals surface area contributed by atoms with Crippen LogP contribution in [0, 0.1) is 18.2 Å². The molecule has 0 spiro atoms. The van der Waals surface area contributed by atoms with E-state index in [4.69, 9.17) is 4.74 Å². The Kier molecular flexibility index (Phi) is 7.57. The van der Waals surface area contributed by atoms with Crippen molar-refractivity contribution < 1.29 is 9.13 Å². The monoisotopic (exact) mass is 389 g/mol. The molecule has 1 aromatic heterocycles. The highest BCUT2D eigenvalue weighted by molar-refractivity contribution is 5.79. The Hall–Kier alpha value is -2.41. The predicted octanol–water partition coefficient (Wildman–Crippen LogP) is 3.44. The fourth-order valence-electron chi connectivity index (χ4n) is 2.92. The zero-order valence-electron chi connectivity index (χ0n) is 17.7. The highest BCUT2D eigenvalue weighted by atomic mass is 19.1. The van der Waals surface area contributed by atoms with E-state index in [2.05, 4.69) is 41.4 Å². The number of benzene rings is 1. The van der Waals surface area contributed by atoms with Crippen molar-refractivity contribution in [2.45, 2.75) is 47.3 Å². The quantitative estimate of drug-likeness (QED) is 0.562. The number of imidazole rings is 1. The van der Waals surface area contributed by atoms with Crippen LogP contribution in [0.3, 0.4) is 0 Å². The van der Waals surface area contributed by atoms with Crippen molar-refractivity contribution in [3.8, 4) is 5.69 Å². The van der Waals surface area contributed by atoms with Gasteiger partial charge in [0.1, 0.15) is 11.6 Å². The standard InChI is InChI=1S/C21H32FN5O/c1-7-23-20(26-14-19(28-6)21(3,4)5)25-13-16-8-9-18(17(22)12-16)27-11-10-24-15(27)2/h8-12,19H,7,13-14H2,1-6H3,(H2,23,25,26). The molecule has 1 unspecified atom stereocenters. The number of halogens is 1. The molecule has 6 nitrogen and oxygen atoms in total. The molecular formula is C21H32FN5O. The van der Waals surface area contributed by atoms with Gasteiger partial charge in [-0.3, -0.25) is 0 Å². The van der Waals surface area contributed by atoms with Gasteiger partial charge in [0, 0.05) is 32.6 Å². The molecule has 0 aliphatic rings. The Balaban J connectivity index is 2.08. The second-order valence-corrected chi connectivity index (χ2v) is 7.80. The fraction of sp³-hybridized carbons (Fsp3) is 0.524. The van der Waals surface area contributed by atoms with E-state index in [9.17, 15) is 4.39 Å². The molecule has 0 aliphatic heterocycles. The fourth-order valence-corrected chi connectivity index (χ4v) is 2.92. The van der Waals surface area contributed by atoms with Crippen molar-refractivity contribution >= 4 is 5.96 Å². The lowest BCUT2D eigenvalue weighted by Crippen LogP contribution is -2.45. The number of aryl methyl sites for hydroxylation is 1. The van der Waals surface area contributed by atoms with Gasteiger partial charge in [-0.15, -0.1) is 0 Å². The maximum atomic E-state index is 14.6. The van der Waals surface area contributed by atoms with Crippen LogP contribution in [0.25, 0.3) is 5.69 Å². The van der Waals surface area contributed by atoms with E-state index < -0.39 is 0 Å². The lowest BCUT2D eigenvalue weighted by molar-refractivity contribution is 0.0205. The smallest absolute Gasteiger partial charge is 0.191 e. The first kappa shape index (κ1) is 21.9. The zero-order valence-corrected chi connectivity index (χ0v) is 17.7. The van der Waals surface area contributed by atoms with E-state index in [1.807, 2.05) is 19.9 Å². The third kappa shape index (κ3) is 5.79. The van der Waals surface area contributed by atoms with Crippen LogP contribution in [0.1, 0.15) is 39.1 Å². The second kappa shape index (κ2) is 9.68. The van der Waals surface area contributed by atoms with E-state index in [0.29, 0.717) is 24.7 Å². The molecule has 154 valence electrons. The van der Waals surface area contributed by atoms with Gasteiger partial charge < -0.3 is 19.9 Å². The summed E-state index contributed by atoms with van der Waals surface area (Å²) in [5.74, 6) is 1.14. The lowest BCUT2D eigenvalue weighted by atomic mass is 9.89. The Morgan fingerprint density at radius 2 is 2.07 bits per heavy atom. The van der Waals surface area contributed by atoms with Crippen LogP contribution >= 0.6 is 0 Å². The molecule has 1 atom stereocenters. The van der Waals surface area contributed by atoms with Gasteiger partial charge in [-0.25, -0.2) is 14.4 Å². The molecule has 0 fully saturated rings. The van der Waals surface area contributed by atoms with Crippen LogP contribution in [-0.2, 0) is 11.3 Å². The number of aromatic nitrogens is 2. The van der Waals surface area contributed by atoms with Crippen LogP contribution in [0.5, 0.6) is 0 Å². The average Bonchev–Trinajstić information content (AvgIpc) is 3.04. The third-order valence-electron chi connectivity index (χ3n) is 4.57. The van der Waals surface area contributed by atoms with Crippen molar-refractivity contribution in [1.82, 2.24) is 20.2 Å². The predicted molar refractivity (Wildman–Crippen MR) is 111 cm³/mol. The van der Waals surface area contributed by atoms with E-state index in [1.54, 1.807) is 30.1 Å². The summed E-state index contributed by atoms with van der Waals surface area (Å²) in [6, 6.07) is 5.17. The summed E-state index contributed by atoms with van der Waals surface area (Å²) in [6.07, 6.45) is 3.46. The molecule has 2 rings (SSSR count). The minimum absolute atomic E-state index is 0.0173. The van der Waals surface area contributed by atoms with Crippen LogP contribution in [0.2, 0.25) is 0 Å². The third-order valence-corrected chi connectivity index (χ3v) is 4.57. The molecule has 0 saturated carbocycles. The number of ether oxygens (including phenoxy) is 1. The molecule has 0 radical (unpaired) electrons. The minimum atomic E-state index is -0.293. The number of aliphatic imine (C=N–C) groups is 1. The van der Waals surface area contributed by atoms with Crippen LogP contribution in [0.4, 0.5) is 4.39 Å². The maximum Gasteiger partial charge on any atom is 0.191 e. The molecule has 2 aromatic rings. The molecule has 0 amide bonds. The summed E-state index contributed by atoms with van der Waals surface area (Å²) < 4.78 is 21.9. The molecule has 0 aliphatic carbocycles. The highest BCUT2D eigenvalue weighted by Gasteiger charge is 2.24. The summed E-state index contributed by atoms with van der Waals surface area (Å²) >= 11 is 0. The molecule has 2 N–H and O–H groups in total.